The standard InChI is InChI=1S/C11H16N2O/c1-3-13(4-2)11(14)8-10-6-5-7-12-9-10/h5-7,9H,3-4,8H2,1-2H3. The summed E-state index contributed by atoms with van der Waals surface area (Å²) in [6, 6.07) is 3.78. The van der Waals surface area contributed by atoms with E-state index in [1.807, 2.05) is 30.9 Å². The van der Waals surface area contributed by atoms with Crippen molar-refractivity contribution in [3.8, 4) is 0 Å². The average molecular weight is 192 g/mol. The molecule has 0 aliphatic carbocycles. The minimum Gasteiger partial charge on any atom is -0.343 e. The maximum absolute atomic E-state index is 11.7. The lowest BCUT2D eigenvalue weighted by molar-refractivity contribution is -0.130. The molecule has 3 heteroatoms. The molecule has 0 N–H and O–H groups in total. The van der Waals surface area contributed by atoms with Crippen LogP contribution in [0.2, 0.25) is 0 Å². The smallest absolute Gasteiger partial charge is 0.227 e. The molecule has 0 aliphatic rings. The molecule has 0 aromatic carbocycles. The third-order valence-corrected chi connectivity index (χ3v) is 2.19. The second-order valence-corrected chi connectivity index (χ2v) is 3.10. The Morgan fingerprint density at radius 3 is 2.64 bits per heavy atom. The lowest BCUT2D eigenvalue weighted by Gasteiger charge is -2.18. The molecule has 0 saturated heterocycles. The fraction of sp³-hybridized carbons (Fsp3) is 0.455. The highest BCUT2D eigenvalue weighted by Gasteiger charge is 2.09. The molecule has 76 valence electrons. The van der Waals surface area contributed by atoms with Gasteiger partial charge in [-0.15, -0.1) is 0 Å². The van der Waals surface area contributed by atoms with E-state index in [4.69, 9.17) is 0 Å². The summed E-state index contributed by atoms with van der Waals surface area (Å²) in [6.07, 6.45) is 3.91. The van der Waals surface area contributed by atoms with Crippen LogP contribution in [0.1, 0.15) is 19.4 Å². The average Bonchev–Trinajstić information content (AvgIpc) is 2.21. The van der Waals surface area contributed by atoms with Crippen molar-refractivity contribution in [2.24, 2.45) is 0 Å². The van der Waals surface area contributed by atoms with Crippen LogP contribution in [-0.2, 0) is 11.2 Å². The zero-order valence-corrected chi connectivity index (χ0v) is 8.73. The van der Waals surface area contributed by atoms with Crippen molar-refractivity contribution < 1.29 is 4.79 Å². The number of carbonyl (C=O) groups excluding carboxylic acids is 1. The quantitative estimate of drug-likeness (QED) is 0.724. The van der Waals surface area contributed by atoms with E-state index in [1.54, 1.807) is 12.4 Å². The van der Waals surface area contributed by atoms with Gasteiger partial charge >= 0.3 is 0 Å². The van der Waals surface area contributed by atoms with Gasteiger partial charge in [0.2, 0.25) is 5.91 Å². The maximum atomic E-state index is 11.7. The highest BCUT2D eigenvalue weighted by atomic mass is 16.2. The molecule has 1 amide bonds. The summed E-state index contributed by atoms with van der Waals surface area (Å²) in [5, 5.41) is 0. The van der Waals surface area contributed by atoms with Gasteiger partial charge in [-0.25, -0.2) is 0 Å². The third-order valence-electron chi connectivity index (χ3n) is 2.19. The van der Waals surface area contributed by atoms with Gasteiger partial charge in [0, 0.05) is 25.5 Å². The molecule has 3 nitrogen and oxygen atoms in total. The van der Waals surface area contributed by atoms with E-state index in [9.17, 15) is 4.79 Å². The number of pyridine rings is 1. The van der Waals surface area contributed by atoms with Crippen molar-refractivity contribution in [3.63, 3.8) is 0 Å². The summed E-state index contributed by atoms with van der Waals surface area (Å²) in [7, 11) is 0. The molecule has 1 aromatic rings. The fourth-order valence-corrected chi connectivity index (χ4v) is 1.37. The Morgan fingerprint density at radius 2 is 2.14 bits per heavy atom. The van der Waals surface area contributed by atoms with Gasteiger partial charge in [-0.1, -0.05) is 6.07 Å². The van der Waals surface area contributed by atoms with E-state index >= 15 is 0 Å². The Bertz CT molecular complexity index is 281. The predicted molar refractivity (Wildman–Crippen MR) is 55.9 cm³/mol. The second-order valence-electron chi connectivity index (χ2n) is 3.10. The number of carbonyl (C=O) groups is 1. The zero-order chi connectivity index (χ0) is 10.4. The number of aromatic nitrogens is 1. The highest BCUT2D eigenvalue weighted by molar-refractivity contribution is 5.78. The Labute approximate surface area is 84.8 Å². The maximum Gasteiger partial charge on any atom is 0.227 e. The summed E-state index contributed by atoms with van der Waals surface area (Å²) < 4.78 is 0. The molecule has 14 heavy (non-hydrogen) atoms. The largest absolute Gasteiger partial charge is 0.343 e. The van der Waals surface area contributed by atoms with Crippen molar-refractivity contribution in [3.05, 3.63) is 30.1 Å². The number of nitrogens with zero attached hydrogens (tertiary/aromatic N) is 2. The van der Waals surface area contributed by atoms with E-state index in [2.05, 4.69) is 4.98 Å². The zero-order valence-electron chi connectivity index (χ0n) is 8.73. The summed E-state index contributed by atoms with van der Waals surface area (Å²) in [5.74, 6) is 0.169. The first kappa shape index (κ1) is 10.7. The topological polar surface area (TPSA) is 33.2 Å². The fourth-order valence-electron chi connectivity index (χ4n) is 1.37. The van der Waals surface area contributed by atoms with Crippen molar-refractivity contribution in [1.82, 2.24) is 9.88 Å². The van der Waals surface area contributed by atoms with Crippen LogP contribution < -0.4 is 0 Å². The van der Waals surface area contributed by atoms with Gasteiger partial charge in [-0.2, -0.15) is 0 Å². The summed E-state index contributed by atoms with van der Waals surface area (Å²) in [5.41, 5.74) is 0.976. The first-order valence-electron chi connectivity index (χ1n) is 4.94. The highest BCUT2D eigenvalue weighted by Crippen LogP contribution is 2.00. The van der Waals surface area contributed by atoms with Crippen molar-refractivity contribution in [2.75, 3.05) is 13.1 Å². The molecular formula is C11H16N2O. The number of amides is 1. The van der Waals surface area contributed by atoms with E-state index < -0.39 is 0 Å². The van der Waals surface area contributed by atoms with Gasteiger partial charge in [0.25, 0.3) is 0 Å². The van der Waals surface area contributed by atoms with Crippen molar-refractivity contribution in [2.45, 2.75) is 20.3 Å². The Hall–Kier alpha value is -1.38. The Kier molecular flexibility index (Phi) is 4.11. The molecule has 1 aromatic heterocycles. The third kappa shape index (κ3) is 2.83. The second kappa shape index (κ2) is 5.37. The van der Waals surface area contributed by atoms with Crippen molar-refractivity contribution >= 4 is 5.91 Å². The first-order chi connectivity index (χ1) is 6.77. The van der Waals surface area contributed by atoms with Gasteiger partial charge in [0.1, 0.15) is 0 Å². The van der Waals surface area contributed by atoms with Crippen LogP contribution in [0.25, 0.3) is 0 Å². The van der Waals surface area contributed by atoms with Gasteiger partial charge in [-0.3, -0.25) is 9.78 Å². The molecule has 0 spiro atoms. The molecule has 0 unspecified atom stereocenters. The molecular weight excluding hydrogens is 176 g/mol. The van der Waals surface area contributed by atoms with E-state index in [0.29, 0.717) is 6.42 Å². The first-order valence-corrected chi connectivity index (χ1v) is 4.94. The lowest BCUT2D eigenvalue weighted by atomic mass is 10.2. The normalized spacial score (nSPS) is 9.86. The van der Waals surface area contributed by atoms with Gasteiger partial charge in [0.15, 0.2) is 0 Å². The molecule has 0 aliphatic heterocycles. The monoisotopic (exact) mass is 192 g/mol. The van der Waals surface area contributed by atoms with Gasteiger partial charge in [-0.05, 0) is 25.5 Å². The van der Waals surface area contributed by atoms with Crippen LogP contribution in [-0.4, -0.2) is 28.9 Å². The minimum atomic E-state index is 0.169. The lowest BCUT2D eigenvalue weighted by Crippen LogP contribution is -2.31. The van der Waals surface area contributed by atoms with Crippen LogP contribution in [0.4, 0.5) is 0 Å². The van der Waals surface area contributed by atoms with Crippen molar-refractivity contribution in [1.29, 1.82) is 0 Å². The molecule has 1 heterocycles. The molecule has 0 saturated carbocycles. The van der Waals surface area contributed by atoms with Gasteiger partial charge < -0.3 is 4.90 Å². The van der Waals surface area contributed by atoms with E-state index in [1.165, 1.54) is 0 Å². The van der Waals surface area contributed by atoms with Crippen LogP contribution >= 0.6 is 0 Å². The Morgan fingerprint density at radius 1 is 1.43 bits per heavy atom. The summed E-state index contributed by atoms with van der Waals surface area (Å²) in [4.78, 5) is 17.5. The Balaban J connectivity index is 2.57. The molecule has 0 fully saturated rings. The minimum absolute atomic E-state index is 0.169. The number of rotatable bonds is 4. The van der Waals surface area contributed by atoms with E-state index in [0.717, 1.165) is 18.7 Å². The summed E-state index contributed by atoms with van der Waals surface area (Å²) >= 11 is 0. The molecule has 0 bridgehead atoms. The van der Waals surface area contributed by atoms with Crippen LogP contribution in [0.3, 0.4) is 0 Å². The molecule has 1 rings (SSSR count). The predicted octanol–water partition coefficient (Wildman–Crippen LogP) is 1.49. The van der Waals surface area contributed by atoms with Crippen LogP contribution in [0, 0.1) is 0 Å². The molecule has 0 radical (unpaired) electrons. The number of likely N-dealkylation sites (N-methyl/N-ethyl adjacent to an activating group) is 1. The number of hydrogen-bond acceptors (Lipinski definition) is 2. The molecule has 0 atom stereocenters. The van der Waals surface area contributed by atoms with E-state index in [-0.39, 0.29) is 5.91 Å². The van der Waals surface area contributed by atoms with Crippen LogP contribution in [0.15, 0.2) is 24.5 Å². The van der Waals surface area contributed by atoms with Crippen LogP contribution in [0.5, 0.6) is 0 Å². The van der Waals surface area contributed by atoms with Gasteiger partial charge in [0.05, 0.1) is 6.42 Å². The number of hydrogen-bond donors (Lipinski definition) is 0. The SMILES string of the molecule is CCN(CC)C(=O)Cc1cccnc1. The summed E-state index contributed by atoms with van der Waals surface area (Å²) in [6.45, 7) is 5.53.